The average molecular weight is 269 g/mol. The van der Waals surface area contributed by atoms with E-state index in [0.29, 0.717) is 12.5 Å². The van der Waals surface area contributed by atoms with Gasteiger partial charge in [0.15, 0.2) is 0 Å². The van der Waals surface area contributed by atoms with Crippen molar-refractivity contribution in [2.45, 2.75) is 40.2 Å². The van der Waals surface area contributed by atoms with Gasteiger partial charge in [0.2, 0.25) is 0 Å². The zero-order valence-electron chi connectivity index (χ0n) is 12.7. The van der Waals surface area contributed by atoms with E-state index in [2.05, 4.69) is 52.0 Å². The third-order valence-electron chi connectivity index (χ3n) is 3.54. The molecule has 20 heavy (non-hydrogen) atoms. The number of hydrogen-bond acceptors (Lipinski definition) is 2. The lowest BCUT2D eigenvalue weighted by Crippen LogP contribution is -2.00. The van der Waals surface area contributed by atoms with E-state index in [1.54, 1.807) is 0 Å². The fourth-order valence-electron chi connectivity index (χ4n) is 2.13. The third-order valence-corrected chi connectivity index (χ3v) is 3.54. The fraction of sp³-hybridized carbons (Fsp3) is 0.333. The summed E-state index contributed by atoms with van der Waals surface area (Å²) in [6.07, 6.45) is 0. The molecule has 0 aliphatic heterocycles. The van der Waals surface area contributed by atoms with E-state index in [9.17, 15) is 0 Å². The molecule has 2 nitrogen and oxygen atoms in total. The summed E-state index contributed by atoms with van der Waals surface area (Å²) in [4.78, 5) is 0. The third kappa shape index (κ3) is 3.20. The quantitative estimate of drug-likeness (QED) is 0.874. The van der Waals surface area contributed by atoms with Crippen LogP contribution in [0.3, 0.4) is 0 Å². The van der Waals surface area contributed by atoms with Crippen LogP contribution in [0, 0.1) is 13.8 Å². The minimum Gasteiger partial charge on any atom is -0.457 e. The van der Waals surface area contributed by atoms with Crippen molar-refractivity contribution in [3.8, 4) is 11.5 Å². The van der Waals surface area contributed by atoms with Gasteiger partial charge in [-0.25, -0.2) is 0 Å². The maximum atomic E-state index is 6.12. The van der Waals surface area contributed by atoms with E-state index in [1.807, 2.05) is 12.1 Å². The molecule has 0 aliphatic rings. The van der Waals surface area contributed by atoms with E-state index in [0.717, 1.165) is 22.6 Å². The molecular weight excluding hydrogens is 246 g/mol. The Morgan fingerprint density at radius 1 is 1.00 bits per heavy atom. The smallest absolute Gasteiger partial charge is 0.132 e. The Morgan fingerprint density at radius 3 is 2.40 bits per heavy atom. The number of benzene rings is 2. The lowest BCUT2D eigenvalue weighted by molar-refractivity contribution is 0.471. The summed E-state index contributed by atoms with van der Waals surface area (Å²) in [5.74, 6) is 2.26. The van der Waals surface area contributed by atoms with Crippen LogP contribution >= 0.6 is 0 Å². The summed E-state index contributed by atoms with van der Waals surface area (Å²) < 4.78 is 6.12. The first kappa shape index (κ1) is 14.6. The summed E-state index contributed by atoms with van der Waals surface area (Å²) in [5, 5.41) is 0. The van der Waals surface area contributed by atoms with Crippen molar-refractivity contribution in [3.63, 3.8) is 0 Å². The summed E-state index contributed by atoms with van der Waals surface area (Å²) in [6.45, 7) is 8.99. The van der Waals surface area contributed by atoms with E-state index < -0.39 is 0 Å². The van der Waals surface area contributed by atoms with Crippen molar-refractivity contribution >= 4 is 0 Å². The van der Waals surface area contributed by atoms with Gasteiger partial charge in [-0.05, 0) is 48.6 Å². The molecule has 0 bridgehead atoms. The Kier molecular flexibility index (Phi) is 4.46. The van der Waals surface area contributed by atoms with Crippen molar-refractivity contribution in [2.24, 2.45) is 5.73 Å². The summed E-state index contributed by atoms with van der Waals surface area (Å²) in [5.41, 5.74) is 10.4. The normalized spacial score (nSPS) is 10.9. The van der Waals surface area contributed by atoms with Crippen LogP contribution in [0.25, 0.3) is 0 Å². The highest BCUT2D eigenvalue weighted by atomic mass is 16.5. The Morgan fingerprint density at radius 2 is 1.75 bits per heavy atom. The summed E-state index contributed by atoms with van der Waals surface area (Å²) in [7, 11) is 0. The number of ether oxygens (including phenoxy) is 1. The summed E-state index contributed by atoms with van der Waals surface area (Å²) >= 11 is 0. The maximum Gasteiger partial charge on any atom is 0.132 e. The highest BCUT2D eigenvalue weighted by molar-refractivity contribution is 5.44. The minimum absolute atomic E-state index is 0.485. The number of nitrogens with two attached hydrogens (primary N) is 1. The predicted octanol–water partition coefficient (Wildman–Crippen LogP) is 4.68. The van der Waals surface area contributed by atoms with Crippen molar-refractivity contribution in [3.05, 3.63) is 58.7 Å². The van der Waals surface area contributed by atoms with Gasteiger partial charge in [0, 0.05) is 12.1 Å². The molecular formula is C18H23NO. The Balaban J connectivity index is 2.39. The molecule has 0 saturated heterocycles. The van der Waals surface area contributed by atoms with Gasteiger partial charge in [0.1, 0.15) is 11.5 Å². The van der Waals surface area contributed by atoms with Gasteiger partial charge in [0.25, 0.3) is 0 Å². The molecule has 106 valence electrons. The fourth-order valence-corrected chi connectivity index (χ4v) is 2.13. The molecule has 0 amide bonds. The van der Waals surface area contributed by atoms with Gasteiger partial charge in [0.05, 0.1) is 0 Å². The first-order valence-corrected chi connectivity index (χ1v) is 7.09. The second-order valence-electron chi connectivity index (χ2n) is 5.60. The second-order valence-corrected chi connectivity index (χ2v) is 5.60. The molecule has 0 fully saturated rings. The van der Waals surface area contributed by atoms with Crippen molar-refractivity contribution < 1.29 is 4.74 Å². The molecule has 0 heterocycles. The molecule has 0 atom stereocenters. The molecule has 0 aromatic heterocycles. The zero-order valence-corrected chi connectivity index (χ0v) is 12.7. The van der Waals surface area contributed by atoms with Crippen LogP contribution in [0.4, 0.5) is 0 Å². The van der Waals surface area contributed by atoms with Crippen molar-refractivity contribution in [1.29, 1.82) is 0 Å². The predicted molar refractivity (Wildman–Crippen MR) is 84.4 cm³/mol. The van der Waals surface area contributed by atoms with Crippen LogP contribution in [0.2, 0.25) is 0 Å². The van der Waals surface area contributed by atoms with Gasteiger partial charge < -0.3 is 10.5 Å². The molecule has 0 spiro atoms. The topological polar surface area (TPSA) is 35.2 Å². The highest BCUT2D eigenvalue weighted by Crippen LogP contribution is 2.31. The molecule has 2 aromatic carbocycles. The molecule has 0 unspecified atom stereocenters. The zero-order chi connectivity index (χ0) is 14.7. The van der Waals surface area contributed by atoms with Gasteiger partial charge in [-0.15, -0.1) is 0 Å². The molecule has 2 N–H and O–H groups in total. The van der Waals surface area contributed by atoms with Crippen LogP contribution in [-0.4, -0.2) is 0 Å². The van der Waals surface area contributed by atoms with Gasteiger partial charge in [-0.3, -0.25) is 0 Å². The van der Waals surface area contributed by atoms with Crippen LogP contribution in [0.5, 0.6) is 11.5 Å². The summed E-state index contributed by atoms with van der Waals surface area (Å²) in [6, 6.07) is 12.5. The SMILES string of the molecule is Cc1ccc(CN)c(Oc2cc(C(C)C)ccc2C)c1. The van der Waals surface area contributed by atoms with Gasteiger partial charge >= 0.3 is 0 Å². The lowest BCUT2D eigenvalue weighted by atomic mass is 10.0. The van der Waals surface area contributed by atoms with Crippen LogP contribution in [0.15, 0.2) is 36.4 Å². The Labute approximate surface area is 121 Å². The molecule has 2 heteroatoms. The van der Waals surface area contributed by atoms with E-state index in [4.69, 9.17) is 10.5 Å². The standard InChI is InChI=1S/C18H23NO/c1-12(2)15-8-6-14(4)17(10-15)20-18-9-13(3)5-7-16(18)11-19/h5-10,12H,11,19H2,1-4H3. The number of rotatable bonds is 4. The van der Waals surface area contributed by atoms with Crippen LogP contribution in [0.1, 0.15) is 42.0 Å². The molecule has 0 saturated carbocycles. The van der Waals surface area contributed by atoms with Crippen molar-refractivity contribution in [2.75, 3.05) is 0 Å². The Hall–Kier alpha value is -1.80. The Bertz CT molecular complexity index is 602. The highest BCUT2D eigenvalue weighted by Gasteiger charge is 2.09. The molecule has 2 aromatic rings. The molecule has 0 aliphatic carbocycles. The van der Waals surface area contributed by atoms with Gasteiger partial charge in [-0.1, -0.05) is 38.1 Å². The average Bonchev–Trinajstić information content (AvgIpc) is 2.41. The molecule has 0 radical (unpaired) electrons. The van der Waals surface area contributed by atoms with E-state index >= 15 is 0 Å². The molecule has 2 rings (SSSR count). The maximum absolute atomic E-state index is 6.12. The number of aryl methyl sites for hydroxylation is 2. The minimum atomic E-state index is 0.485. The second kappa shape index (κ2) is 6.10. The first-order chi connectivity index (χ1) is 9.51. The first-order valence-electron chi connectivity index (χ1n) is 7.09. The van der Waals surface area contributed by atoms with Gasteiger partial charge in [-0.2, -0.15) is 0 Å². The monoisotopic (exact) mass is 269 g/mol. The van der Waals surface area contributed by atoms with E-state index in [1.165, 1.54) is 11.1 Å². The van der Waals surface area contributed by atoms with Crippen molar-refractivity contribution in [1.82, 2.24) is 0 Å². The van der Waals surface area contributed by atoms with Crippen LogP contribution in [-0.2, 0) is 6.54 Å². The number of hydrogen-bond donors (Lipinski definition) is 1. The van der Waals surface area contributed by atoms with Crippen LogP contribution < -0.4 is 10.5 Å². The lowest BCUT2D eigenvalue weighted by Gasteiger charge is -2.15. The van der Waals surface area contributed by atoms with E-state index in [-0.39, 0.29) is 0 Å². The largest absolute Gasteiger partial charge is 0.457 e.